The van der Waals surface area contributed by atoms with Crippen LogP contribution in [-0.2, 0) is 12.6 Å². The molecule has 0 amide bonds. The molecule has 10 heteroatoms. The summed E-state index contributed by atoms with van der Waals surface area (Å²) in [5.74, 6) is 0.830. The minimum absolute atomic E-state index is 0.314. The number of aliphatic imine (C=N–C) groups is 1. The molecule has 0 bridgehead atoms. The van der Waals surface area contributed by atoms with Gasteiger partial charge >= 0.3 is 6.18 Å². The van der Waals surface area contributed by atoms with Crippen molar-refractivity contribution in [2.45, 2.75) is 19.0 Å². The topological polar surface area (TPSA) is 58.5 Å². The third-order valence-corrected chi connectivity index (χ3v) is 4.30. The molecule has 27 heavy (non-hydrogen) atoms. The largest absolute Gasteiger partial charge is 0.494 e. The Hall–Kier alpha value is -2.36. The fourth-order valence-corrected chi connectivity index (χ4v) is 2.87. The molecule has 0 saturated heterocycles. The zero-order valence-corrected chi connectivity index (χ0v) is 15.5. The van der Waals surface area contributed by atoms with E-state index in [0.29, 0.717) is 49.3 Å². The van der Waals surface area contributed by atoms with Crippen molar-refractivity contribution in [2.75, 3.05) is 26.7 Å². The van der Waals surface area contributed by atoms with Crippen LogP contribution in [0.5, 0.6) is 5.75 Å². The molecule has 2 aromatic rings. The number of nitrogens with one attached hydrogen (secondary N) is 2. The van der Waals surface area contributed by atoms with Gasteiger partial charge < -0.3 is 15.4 Å². The van der Waals surface area contributed by atoms with Crippen LogP contribution in [0.4, 0.5) is 17.6 Å². The molecule has 0 saturated carbocycles. The maximum absolute atomic E-state index is 12.8. The first-order chi connectivity index (χ1) is 12.9. The summed E-state index contributed by atoms with van der Waals surface area (Å²) in [5, 5.41) is 7.54. The number of alkyl halides is 3. The van der Waals surface area contributed by atoms with Gasteiger partial charge in [0.1, 0.15) is 11.6 Å². The first kappa shape index (κ1) is 20.9. The van der Waals surface area contributed by atoms with Crippen LogP contribution in [0.2, 0.25) is 0 Å². The number of hydrogen-bond donors (Lipinski definition) is 2. The van der Waals surface area contributed by atoms with Gasteiger partial charge in [-0.2, -0.15) is 13.2 Å². The van der Waals surface area contributed by atoms with Crippen LogP contribution in [-0.4, -0.2) is 37.7 Å². The second kappa shape index (κ2) is 10.1. The molecule has 2 rings (SSSR count). The van der Waals surface area contributed by atoms with E-state index in [0.717, 1.165) is 16.7 Å². The number of ether oxygens (including phenoxy) is 1. The van der Waals surface area contributed by atoms with E-state index in [2.05, 4.69) is 20.6 Å². The molecule has 0 fully saturated rings. The number of thiazole rings is 1. The van der Waals surface area contributed by atoms with Gasteiger partial charge in [0, 0.05) is 31.9 Å². The third kappa shape index (κ3) is 7.41. The Labute approximate surface area is 158 Å². The molecule has 0 spiro atoms. The monoisotopic (exact) mass is 404 g/mol. The molecule has 2 N–H and O–H groups in total. The van der Waals surface area contributed by atoms with Crippen LogP contribution < -0.4 is 15.4 Å². The van der Waals surface area contributed by atoms with Crippen LogP contribution in [0.1, 0.15) is 17.1 Å². The second-order valence-corrected chi connectivity index (χ2v) is 6.40. The highest BCUT2D eigenvalue weighted by atomic mass is 32.1. The lowest BCUT2D eigenvalue weighted by Crippen LogP contribution is -2.39. The summed E-state index contributed by atoms with van der Waals surface area (Å²) >= 11 is 0.988. The Morgan fingerprint density at radius 3 is 2.52 bits per heavy atom. The number of halogens is 4. The van der Waals surface area contributed by atoms with Gasteiger partial charge in [-0.3, -0.25) is 4.99 Å². The van der Waals surface area contributed by atoms with Crippen molar-refractivity contribution in [3.05, 3.63) is 46.2 Å². The fraction of sp³-hybridized carbons (Fsp3) is 0.412. The van der Waals surface area contributed by atoms with Crippen molar-refractivity contribution in [2.24, 2.45) is 4.99 Å². The van der Waals surface area contributed by atoms with Gasteiger partial charge in [0.25, 0.3) is 0 Å². The summed E-state index contributed by atoms with van der Waals surface area (Å²) in [7, 11) is 1.61. The molecule has 148 valence electrons. The summed E-state index contributed by atoms with van der Waals surface area (Å²) in [5.41, 5.74) is -0.855. The second-order valence-electron chi connectivity index (χ2n) is 5.46. The molecular weight excluding hydrogens is 384 g/mol. The molecule has 0 atom stereocenters. The van der Waals surface area contributed by atoms with Crippen molar-refractivity contribution in [3.63, 3.8) is 0 Å². The summed E-state index contributed by atoms with van der Waals surface area (Å²) in [6.07, 6.45) is -3.34. The van der Waals surface area contributed by atoms with E-state index in [1.807, 2.05) is 0 Å². The number of rotatable bonds is 8. The highest BCUT2D eigenvalue weighted by Crippen LogP contribution is 2.29. The Bertz CT molecular complexity index is 731. The van der Waals surface area contributed by atoms with Gasteiger partial charge in [0.2, 0.25) is 0 Å². The molecule has 0 aliphatic rings. The van der Waals surface area contributed by atoms with Crippen LogP contribution in [0.25, 0.3) is 0 Å². The van der Waals surface area contributed by atoms with Crippen molar-refractivity contribution in [1.29, 1.82) is 0 Å². The Kier molecular flexibility index (Phi) is 7.83. The van der Waals surface area contributed by atoms with E-state index in [-0.39, 0.29) is 5.82 Å². The third-order valence-electron chi connectivity index (χ3n) is 3.39. The van der Waals surface area contributed by atoms with E-state index in [4.69, 9.17) is 4.74 Å². The van der Waals surface area contributed by atoms with Crippen molar-refractivity contribution < 1.29 is 22.3 Å². The Balaban J connectivity index is 1.61. The number of benzene rings is 1. The zero-order chi connectivity index (χ0) is 19.7. The molecule has 1 heterocycles. The van der Waals surface area contributed by atoms with Gasteiger partial charge in [-0.05, 0) is 30.7 Å². The standard InChI is InChI=1S/C17H20F4N4OS/c1-22-16(23-8-2-10-26-13-5-3-12(18)4-6-13)24-9-7-15-25-14(11-27-15)17(19,20)21/h3-6,11H,2,7-10H2,1H3,(H2,22,23,24). The molecular formula is C17H20F4N4OS. The maximum atomic E-state index is 12.8. The SMILES string of the molecule is CN=C(NCCCOc1ccc(F)cc1)NCCc1nc(C(F)(F)F)cs1. The molecule has 0 radical (unpaired) electrons. The van der Waals surface area contributed by atoms with Gasteiger partial charge in [-0.1, -0.05) is 0 Å². The van der Waals surface area contributed by atoms with E-state index in [9.17, 15) is 17.6 Å². The van der Waals surface area contributed by atoms with Gasteiger partial charge in [-0.25, -0.2) is 9.37 Å². The maximum Gasteiger partial charge on any atom is 0.434 e. The van der Waals surface area contributed by atoms with Crippen LogP contribution in [0, 0.1) is 5.82 Å². The van der Waals surface area contributed by atoms with Crippen LogP contribution in [0.3, 0.4) is 0 Å². The minimum atomic E-state index is -4.41. The summed E-state index contributed by atoms with van der Waals surface area (Å²) < 4.78 is 55.8. The summed E-state index contributed by atoms with van der Waals surface area (Å²) in [6, 6.07) is 5.79. The normalized spacial score (nSPS) is 12.1. The molecule has 0 aliphatic heterocycles. The zero-order valence-electron chi connectivity index (χ0n) is 14.6. The van der Waals surface area contributed by atoms with E-state index in [1.54, 1.807) is 19.2 Å². The average Bonchev–Trinajstić information content (AvgIpc) is 3.11. The van der Waals surface area contributed by atoms with Gasteiger partial charge in [0.05, 0.1) is 11.6 Å². The Morgan fingerprint density at radius 1 is 1.19 bits per heavy atom. The van der Waals surface area contributed by atoms with Crippen molar-refractivity contribution >= 4 is 17.3 Å². The quantitative estimate of drug-likeness (QED) is 0.306. The first-order valence-corrected chi connectivity index (χ1v) is 9.11. The fourth-order valence-electron chi connectivity index (χ4n) is 2.06. The molecule has 1 aromatic heterocycles. The summed E-state index contributed by atoms with van der Waals surface area (Å²) in [6.45, 7) is 1.46. The summed E-state index contributed by atoms with van der Waals surface area (Å²) in [4.78, 5) is 7.62. The predicted octanol–water partition coefficient (Wildman–Crippen LogP) is 3.48. The lowest BCUT2D eigenvalue weighted by atomic mass is 10.3. The van der Waals surface area contributed by atoms with E-state index < -0.39 is 11.9 Å². The first-order valence-electron chi connectivity index (χ1n) is 8.23. The number of nitrogens with zero attached hydrogens (tertiary/aromatic N) is 2. The lowest BCUT2D eigenvalue weighted by molar-refractivity contribution is -0.140. The van der Waals surface area contributed by atoms with Crippen molar-refractivity contribution in [1.82, 2.24) is 15.6 Å². The average molecular weight is 404 g/mol. The van der Waals surface area contributed by atoms with Gasteiger partial charge in [0.15, 0.2) is 11.7 Å². The van der Waals surface area contributed by atoms with E-state index in [1.165, 1.54) is 12.1 Å². The smallest absolute Gasteiger partial charge is 0.434 e. The number of guanidine groups is 1. The minimum Gasteiger partial charge on any atom is -0.494 e. The highest BCUT2D eigenvalue weighted by molar-refractivity contribution is 7.09. The van der Waals surface area contributed by atoms with Gasteiger partial charge in [-0.15, -0.1) is 11.3 Å². The molecule has 0 unspecified atom stereocenters. The predicted molar refractivity (Wildman–Crippen MR) is 96.7 cm³/mol. The van der Waals surface area contributed by atoms with Crippen molar-refractivity contribution in [3.8, 4) is 5.75 Å². The molecule has 5 nitrogen and oxygen atoms in total. The Morgan fingerprint density at radius 2 is 1.89 bits per heavy atom. The highest BCUT2D eigenvalue weighted by Gasteiger charge is 2.33. The van der Waals surface area contributed by atoms with Crippen LogP contribution in [0.15, 0.2) is 34.6 Å². The molecule has 1 aromatic carbocycles. The molecule has 0 aliphatic carbocycles. The lowest BCUT2D eigenvalue weighted by Gasteiger charge is -2.11. The number of hydrogen-bond acceptors (Lipinski definition) is 4. The van der Waals surface area contributed by atoms with Crippen LogP contribution >= 0.6 is 11.3 Å². The number of aromatic nitrogens is 1. The van der Waals surface area contributed by atoms with E-state index >= 15 is 0 Å².